The van der Waals surface area contributed by atoms with Crippen LogP contribution < -0.4 is 5.32 Å². The van der Waals surface area contributed by atoms with Crippen LogP contribution in [0.5, 0.6) is 0 Å². The van der Waals surface area contributed by atoms with Gasteiger partial charge in [-0.1, -0.05) is 23.9 Å². The van der Waals surface area contributed by atoms with Crippen molar-refractivity contribution in [2.75, 3.05) is 17.7 Å². The van der Waals surface area contributed by atoms with E-state index in [0.29, 0.717) is 6.54 Å². The lowest BCUT2D eigenvalue weighted by molar-refractivity contribution is -0.113. The van der Waals surface area contributed by atoms with Crippen molar-refractivity contribution >= 4 is 34.7 Å². The van der Waals surface area contributed by atoms with Crippen molar-refractivity contribution < 1.29 is 9.53 Å². The molecule has 6 nitrogen and oxygen atoms in total. The van der Waals surface area contributed by atoms with Crippen LogP contribution in [0.2, 0.25) is 0 Å². The second-order valence-electron chi connectivity index (χ2n) is 7.65. The number of rotatable bonds is 7. The Bertz CT molecular complexity index is 1040. The Morgan fingerprint density at radius 2 is 2.17 bits per heavy atom. The molecule has 3 aromatic rings. The summed E-state index contributed by atoms with van der Waals surface area (Å²) in [5.74, 6) is 1.07. The van der Waals surface area contributed by atoms with Crippen LogP contribution in [0, 0.1) is 20.8 Å². The first-order valence-electron chi connectivity index (χ1n) is 10.1. The topological polar surface area (TPSA) is 69.0 Å². The molecule has 1 aliphatic rings. The number of carbonyl (C=O) groups excluding carboxylic acids is 1. The number of amides is 1. The van der Waals surface area contributed by atoms with Gasteiger partial charge in [0.15, 0.2) is 11.0 Å². The van der Waals surface area contributed by atoms with Gasteiger partial charge in [0.1, 0.15) is 0 Å². The Hall–Kier alpha value is -2.16. The molecule has 0 radical (unpaired) electrons. The van der Waals surface area contributed by atoms with E-state index in [1.54, 1.807) is 11.3 Å². The molecule has 1 unspecified atom stereocenters. The van der Waals surface area contributed by atoms with Crippen molar-refractivity contribution in [1.29, 1.82) is 0 Å². The van der Waals surface area contributed by atoms with Crippen LogP contribution in [0.1, 0.15) is 28.8 Å². The molecule has 1 N–H and O–H groups in total. The number of nitrogens with zero attached hydrogens (tertiary/aromatic N) is 3. The molecule has 0 spiro atoms. The number of aromatic nitrogens is 3. The van der Waals surface area contributed by atoms with E-state index in [9.17, 15) is 4.79 Å². The number of ether oxygens (including phenoxy) is 1. The molecular weight excluding hydrogens is 416 g/mol. The summed E-state index contributed by atoms with van der Waals surface area (Å²) in [5, 5.41) is 14.7. The number of carbonyl (C=O) groups is 1. The van der Waals surface area contributed by atoms with Gasteiger partial charge in [0.2, 0.25) is 5.91 Å². The monoisotopic (exact) mass is 442 g/mol. The fraction of sp³-hybridized carbons (Fsp3) is 0.409. The Morgan fingerprint density at radius 1 is 1.30 bits per heavy atom. The minimum Gasteiger partial charge on any atom is -0.376 e. The molecule has 8 heteroatoms. The lowest BCUT2D eigenvalue weighted by atomic mass is 10.1. The lowest BCUT2D eigenvalue weighted by Crippen LogP contribution is -2.18. The summed E-state index contributed by atoms with van der Waals surface area (Å²) in [6, 6.07) is 8.18. The van der Waals surface area contributed by atoms with E-state index in [1.165, 1.54) is 16.6 Å². The van der Waals surface area contributed by atoms with Crippen LogP contribution in [-0.2, 0) is 16.1 Å². The van der Waals surface area contributed by atoms with Crippen LogP contribution in [0.25, 0.3) is 11.4 Å². The molecule has 0 bridgehead atoms. The number of benzene rings is 1. The standard InChI is InChI=1S/C22H26N4O2S2/c1-14-6-7-15(2)19(9-14)23-20(27)13-30-22-25-24-21(17-10-16(3)29-12-17)26(22)11-18-5-4-8-28-18/h6-7,9-10,12,18H,4-5,8,11,13H2,1-3H3,(H,23,27). The van der Waals surface area contributed by atoms with Crippen LogP contribution >= 0.6 is 23.1 Å². The highest BCUT2D eigenvalue weighted by Gasteiger charge is 2.22. The van der Waals surface area contributed by atoms with Crippen molar-refractivity contribution in [2.45, 2.75) is 51.4 Å². The first-order chi connectivity index (χ1) is 14.5. The zero-order valence-corrected chi connectivity index (χ0v) is 19.1. The van der Waals surface area contributed by atoms with Gasteiger partial charge in [-0.3, -0.25) is 9.36 Å². The molecule has 158 valence electrons. The number of hydrogen-bond acceptors (Lipinski definition) is 6. The van der Waals surface area contributed by atoms with Crippen molar-refractivity contribution in [2.24, 2.45) is 0 Å². The normalized spacial score (nSPS) is 16.2. The van der Waals surface area contributed by atoms with Gasteiger partial charge in [-0.15, -0.1) is 21.5 Å². The maximum Gasteiger partial charge on any atom is 0.234 e. The molecule has 1 atom stereocenters. The number of aryl methyl sites for hydroxylation is 3. The second kappa shape index (κ2) is 9.32. The quantitative estimate of drug-likeness (QED) is 0.530. The van der Waals surface area contributed by atoms with Gasteiger partial charge in [0.05, 0.1) is 18.4 Å². The van der Waals surface area contributed by atoms with Crippen molar-refractivity contribution in [3.8, 4) is 11.4 Å². The van der Waals surface area contributed by atoms with E-state index in [4.69, 9.17) is 4.74 Å². The van der Waals surface area contributed by atoms with Gasteiger partial charge < -0.3 is 10.1 Å². The fourth-order valence-corrected chi connectivity index (χ4v) is 4.94. The highest BCUT2D eigenvalue weighted by Crippen LogP contribution is 2.29. The van der Waals surface area contributed by atoms with Gasteiger partial charge in [-0.2, -0.15) is 0 Å². The summed E-state index contributed by atoms with van der Waals surface area (Å²) >= 11 is 3.11. The first kappa shape index (κ1) is 21.1. The van der Waals surface area contributed by atoms with Gasteiger partial charge >= 0.3 is 0 Å². The maximum absolute atomic E-state index is 12.6. The number of nitrogens with one attached hydrogen (secondary N) is 1. The Morgan fingerprint density at radius 3 is 2.90 bits per heavy atom. The van der Waals surface area contributed by atoms with Crippen molar-refractivity contribution in [3.05, 3.63) is 45.6 Å². The molecule has 4 rings (SSSR count). The molecular formula is C22H26N4O2S2. The molecule has 1 aromatic carbocycles. The minimum atomic E-state index is -0.0479. The first-order valence-corrected chi connectivity index (χ1v) is 12.0. The van der Waals surface area contributed by atoms with Gasteiger partial charge in [-0.05, 0) is 56.9 Å². The van der Waals surface area contributed by atoms with Crippen molar-refractivity contribution in [3.63, 3.8) is 0 Å². The van der Waals surface area contributed by atoms with E-state index >= 15 is 0 Å². The van der Waals surface area contributed by atoms with Gasteiger partial charge in [0, 0.05) is 28.1 Å². The molecule has 1 aliphatic heterocycles. The van der Waals surface area contributed by atoms with Crippen molar-refractivity contribution in [1.82, 2.24) is 14.8 Å². The summed E-state index contributed by atoms with van der Waals surface area (Å²) in [7, 11) is 0. The summed E-state index contributed by atoms with van der Waals surface area (Å²) in [4.78, 5) is 13.8. The SMILES string of the molecule is Cc1ccc(C)c(NC(=O)CSc2nnc(-c3csc(C)c3)n2CC2CCCO2)c1. The summed E-state index contributed by atoms with van der Waals surface area (Å²) < 4.78 is 7.95. The third kappa shape index (κ3) is 4.94. The van der Waals surface area contributed by atoms with E-state index in [2.05, 4.69) is 38.5 Å². The number of thioether (sulfide) groups is 1. The van der Waals surface area contributed by atoms with E-state index in [0.717, 1.165) is 52.8 Å². The van der Waals surface area contributed by atoms with E-state index in [-0.39, 0.29) is 17.8 Å². The smallest absolute Gasteiger partial charge is 0.234 e. The van der Waals surface area contributed by atoms with Crippen LogP contribution in [-0.4, -0.2) is 39.1 Å². The zero-order chi connectivity index (χ0) is 21.1. The third-order valence-electron chi connectivity index (χ3n) is 5.12. The maximum atomic E-state index is 12.6. The molecule has 30 heavy (non-hydrogen) atoms. The average molecular weight is 443 g/mol. The predicted molar refractivity (Wildman–Crippen MR) is 122 cm³/mol. The third-order valence-corrected chi connectivity index (χ3v) is 6.94. The minimum absolute atomic E-state index is 0.0479. The highest BCUT2D eigenvalue weighted by molar-refractivity contribution is 7.99. The van der Waals surface area contributed by atoms with Crippen LogP contribution in [0.4, 0.5) is 5.69 Å². The molecule has 1 amide bonds. The van der Waals surface area contributed by atoms with Crippen LogP contribution in [0.15, 0.2) is 34.8 Å². The summed E-state index contributed by atoms with van der Waals surface area (Å²) in [6.07, 6.45) is 2.29. The number of thiophene rings is 1. The second-order valence-corrected chi connectivity index (χ2v) is 9.71. The fourth-order valence-electron chi connectivity index (χ4n) is 3.51. The molecule has 1 fully saturated rings. The van der Waals surface area contributed by atoms with E-state index < -0.39 is 0 Å². The number of anilines is 1. The molecule has 3 heterocycles. The molecule has 2 aromatic heterocycles. The molecule has 0 aliphatic carbocycles. The van der Waals surface area contributed by atoms with Gasteiger partial charge in [-0.25, -0.2) is 0 Å². The highest BCUT2D eigenvalue weighted by atomic mass is 32.2. The van der Waals surface area contributed by atoms with Crippen LogP contribution in [0.3, 0.4) is 0 Å². The lowest BCUT2D eigenvalue weighted by Gasteiger charge is -2.14. The summed E-state index contributed by atoms with van der Waals surface area (Å²) in [6.45, 7) is 7.61. The average Bonchev–Trinajstić information content (AvgIpc) is 3.45. The zero-order valence-electron chi connectivity index (χ0n) is 17.5. The predicted octanol–water partition coefficient (Wildman–Crippen LogP) is 4.84. The molecule has 0 saturated carbocycles. The van der Waals surface area contributed by atoms with Gasteiger partial charge in [0.25, 0.3) is 0 Å². The Balaban J connectivity index is 1.49. The Labute approximate surface area is 185 Å². The summed E-state index contributed by atoms with van der Waals surface area (Å²) in [5.41, 5.74) is 4.09. The largest absolute Gasteiger partial charge is 0.376 e. The molecule has 1 saturated heterocycles. The Kier molecular flexibility index (Phi) is 6.55. The van der Waals surface area contributed by atoms with E-state index in [1.807, 2.05) is 32.0 Å². The number of hydrogen-bond donors (Lipinski definition) is 1.